The van der Waals surface area contributed by atoms with Gasteiger partial charge in [-0.1, -0.05) is 76.2 Å². The number of unbranched alkanes of at least 4 members (excludes halogenated alkanes) is 2. The van der Waals surface area contributed by atoms with Crippen LogP contribution in [0.25, 0.3) is 10.8 Å². The van der Waals surface area contributed by atoms with E-state index in [0.29, 0.717) is 49.7 Å². The minimum absolute atomic E-state index is 0.00279. The number of aliphatic carboxylic acids is 1. The molecule has 2 aliphatic heterocycles. The summed E-state index contributed by atoms with van der Waals surface area (Å²) in [5.74, 6) is -10.2. The molecule has 0 unspecified atom stereocenters. The molecule has 2 saturated heterocycles. The van der Waals surface area contributed by atoms with Gasteiger partial charge in [0.15, 0.2) is 17.9 Å². The number of carbonyl (C=O) groups excluding carboxylic acids is 9. The van der Waals surface area contributed by atoms with Gasteiger partial charge >= 0.3 is 5.97 Å². The van der Waals surface area contributed by atoms with E-state index in [4.69, 9.17) is 51.6 Å². The highest BCUT2D eigenvalue weighted by atomic mass is 33.1. The minimum Gasteiger partial charge on any atom is -0.508 e. The van der Waals surface area contributed by atoms with Crippen molar-refractivity contribution < 1.29 is 58.2 Å². The molecule has 5 rings (SSSR count). The summed E-state index contributed by atoms with van der Waals surface area (Å²) < 4.78 is 0. The first-order valence-electron chi connectivity index (χ1n) is 32.7. The number of aliphatic imine (C=N–C) groups is 3. The van der Waals surface area contributed by atoms with E-state index in [0.717, 1.165) is 32.4 Å². The maximum Gasteiger partial charge on any atom is 0.326 e. The standard InChI is InChI=1S/C63H97N21O12S2/c64-25-5-3-14-42-52(87)78-44(15-4-6-26-65)59(94)84-30-10-18-50(84)58(93)81-46(32-36-20-23-40(85)24-21-36)54(89)83-49(57(92)79-45(60(95)96)17-9-29-75-63(71)72)35-98-97-34-48(56(91)77-42)82-55(90)47(33-37-19-22-38-11-1-2-12-39(38)31-37)80-53(88)43(16-8-28-74-62(69)70)76-51(86)41(66)13-7-27-73-61(67)68/h1-2,11-12,19-24,31,41-50,85H,3-10,13-18,25-30,32-35,64-66H2,(H,76,86)(H,77,91)(H,78,87)(H,79,92)(H,80,88)(H,81,93)(H,82,90)(H,83,89)(H,95,96)(H4,67,68,73)(H4,69,70,74)(H4,71,72,75)/t41-,42-,43-,44+,45-,46-,47-,48-,49-,50-/m0/s1. The first kappa shape index (κ1) is 79.5. The van der Waals surface area contributed by atoms with Crippen LogP contribution in [0.5, 0.6) is 5.75 Å². The molecule has 2 aliphatic rings. The number of nitrogens with two attached hydrogens (primary N) is 9. The monoisotopic (exact) mass is 1400 g/mol. The molecule has 98 heavy (non-hydrogen) atoms. The number of phenolic OH excluding ortho intramolecular Hbond substituents is 1. The average Bonchev–Trinajstić information content (AvgIpc) is 1.51. The summed E-state index contributed by atoms with van der Waals surface area (Å²) >= 11 is 0. The van der Waals surface area contributed by atoms with Crippen molar-refractivity contribution in [2.75, 3.05) is 50.8 Å². The molecule has 28 N–H and O–H groups in total. The van der Waals surface area contributed by atoms with E-state index >= 15 is 9.59 Å². The summed E-state index contributed by atoms with van der Waals surface area (Å²) in [6.07, 6.45) is 2.23. The number of amides is 9. The smallest absolute Gasteiger partial charge is 0.326 e. The number of fused-ring (bicyclic) bond motifs is 2. The molecule has 0 spiro atoms. The van der Waals surface area contributed by atoms with Crippen LogP contribution in [0.1, 0.15) is 101 Å². The number of hydrogen-bond donors (Lipinski definition) is 19. The third-order valence-corrected chi connectivity index (χ3v) is 18.6. The zero-order valence-electron chi connectivity index (χ0n) is 54.9. The van der Waals surface area contributed by atoms with Crippen molar-refractivity contribution in [2.24, 2.45) is 66.6 Å². The highest BCUT2D eigenvalue weighted by Gasteiger charge is 2.41. The predicted octanol–water partition coefficient (Wildman–Crippen LogP) is -3.57. The Balaban J connectivity index is 1.61. The molecule has 0 aliphatic carbocycles. The summed E-state index contributed by atoms with van der Waals surface area (Å²) in [7, 11) is 1.86. The topological polar surface area (TPSA) is 582 Å². The van der Waals surface area contributed by atoms with Crippen LogP contribution < -0.4 is 94.1 Å². The molecular formula is C63H97N21O12S2. The number of aromatic hydroxyl groups is 1. The average molecular weight is 1400 g/mol. The highest BCUT2D eigenvalue weighted by molar-refractivity contribution is 8.76. The second-order valence-corrected chi connectivity index (χ2v) is 26.4. The van der Waals surface area contributed by atoms with Gasteiger partial charge in [0.05, 0.1) is 6.04 Å². The Morgan fingerprint density at radius 2 is 1.13 bits per heavy atom. The number of benzene rings is 3. The zero-order valence-corrected chi connectivity index (χ0v) is 56.5. The van der Waals surface area contributed by atoms with E-state index in [1.54, 1.807) is 6.07 Å². The van der Waals surface area contributed by atoms with Crippen molar-refractivity contribution >= 4 is 109 Å². The summed E-state index contributed by atoms with van der Waals surface area (Å²) in [4.78, 5) is 158. The van der Waals surface area contributed by atoms with E-state index in [-0.39, 0.29) is 139 Å². The lowest BCUT2D eigenvalue weighted by Gasteiger charge is -2.31. The summed E-state index contributed by atoms with van der Waals surface area (Å²) in [5, 5.41) is 44.0. The molecule has 2 heterocycles. The number of phenols is 1. The number of nitrogens with zero attached hydrogens (tertiary/aromatic N) is 4. The summed E-state index contributed by atoms with van der Waals surface area (Å²) in [6.45, 7) is 0.798. The van der Waals surface area contributed by atoms with Crippen molar-refractivity contribution in [3.8, 4) is 5.75 Å². The summed E-state index contributed by atoms with van der Waals surface area (Å²) in [5.41, 5.74) is 52.2. The maximum absolute atomic E-state index is 15.3. The second kappa shape index (κ2) is 41.8. The molecule has 3 aromatic rings. The molecule has 10 atom stereocenters. The predicted molar refractivity (Wildman–Crippen MR) is 376 cm³/mol. The summed E-state index contributed by atoms with van der Waals surface area (Å²) in [6, 6.07) is 4.75. The van der Waals surface area contributed by atoms with Gasteiger partial charge in [-0.15, -0.1) is 0 Å². The number of carboxylic acid groups (broad SMARTS) is 1. The minimum atomic E-state index is -1.58. The fourth-order valence-corrected chi connectivity index (χ4v) is 13.2. The lowest BCUT2D eigenvalue weighted by molar-refractivity contribution is -0.143. The van der Waals surface area contributed by atoms with Crippen molar-refractivity contribution in [1.29, 1.82) is 0 Å². The molecule has 35 heteroatoms. The molecule has 2 fully saturated rings. The normalized spacial score (nSPS) is 20.0. The zero-order chi connectivity index (χ0) is 71.7. The molecule has 0 saturated carbocycles. The van der Waals surface area contributed by atoms with Crippen LogP contribution in [0, 0.1) is 0 Å². The Labute approximate surface area is 576 Å². The molecule has 0 radical (unpaired) electrons. The van der Waals surface area contributed by atoms with Gasteiger partial charge in [0, 0.05) is 50.5 Å². The Morgan fingerprint density at radius 3 is 1.76 bits per heavy atom. The van der Waals surface area contributed by atoms with Crippen molar-refractivity contribution in [2.45, 2.75) is 163 Å². The van der Waals surface area contributed by atoms with Gasteiger partial charge < -0.3 is 109 Å². The SMILES string of the molecule is NCCCC[C@@H]1NC(=O)[C@@H](NC(=O)[C@H](Cc2ccc3ccccc3c2)NC(=O)[C@H](CCCN=C(N)N)NC(=O)[C@@H](N)CCCN=C(N)N)CSSC[C@@H](C(=O)N[C@@H](CCCN=C(N)N)C(=O)O)NC(=O)[C@H](Cc2ccc(O)cc2)NC(=O)[C@@H]2CCCN2C(=O)[C@@H](CCCCN)NC1=O. The van der Waals surface area contributed by atoms with Crippen LogP contribution >= 0.6 is 21.6 Å². The number of guanidine groups is 3. The van der Waals surface area contributed by atoms with Gasteiger partial charge in [-0.05, 0) is 137 Å². The van der Waals surface area contributed by atoms with Gasteiger partial charge in [0.2, 0.25) is 53.2 Å². The molecule has 0 bridgehead atoms. The lowest BCUT2D eigenvalue weighted by atomic mass is 10.00. The Hall–Kier alpha value is -9.19. The van der Waals surface area contributed by atoms with Crippen molar-refractivity contribution in [3.05, 3.63) is 77.9 Å². The first-order chi connectivity index (χ1) is 46.9. The molecule has 0 aromatic heterocycles. The maximum atomic E-state index is 15.3. The van der Waals surface area contributed by atoms with Crippen LogP contribution in [-0.2, 0) is 60.8 Å². The van der Waals surface area contributed by atoms with Gasteiger partial charge in [-0.2, -0.15) is 0 Å². The van der Waals surface area contributed by atoms with Crippen LogP contribution in [0.2, 0.25) is 0 Å². The van der Waals surface area contributed by atoms with Gasteiger partial charge in [-0.25, -0.2) is 4.79 Å². The van der Waals surface area contributed by atoms with Crippen LogP contribution in [0.4, 0.5) is 0 Å². The van der Waals surface area contributed by atoms with E-state index in [9.17, 15) is 48.6 Å². The molecule has 3 aromatic carbocycles. The van der Waals surface area contributed by atoms with Crippen LogP contribution in [-0.4, -0.2) is 203 Å². The largest absolute Gasteiger partial charge is 0.508 e. The quantitative estimate of drug-likeness (QED) is 0.0121. The van der Waals surface area contributed by atoms with Crippen LogP contribution in [0.3, 0.4) is 0 Å². The number of hydrogen-bond acceptors (Lipinski definition) is 19. The number of carboxylic acids is 1. The Morgan fingerprint density at radius 1 is 0.582 bits per heavy atom. The fourth-order valence-electron chi connectivity index (χ4n) is 10.9. The third kappa shape index (κ3) is 27.4. The fraction of sp³-hybridized carbons (Fsp3) is 0.540. The molecule has 9 amide bonds. The molecule has 33 nitrogen and oxygen atoms in total. The van der Waals surface area contributed by atoms with Gasteiger partial charge in [0.1, 0.15) is 60.1 Å². The van der Waals surface area contributed by atoms with Crippen molar-refractivity contribution in [1.82, 2.24) is 47.4 Å². The molecular weight excluding hydrogens is 1310 g/mol. The number of nitrogens with one attached hydrogen (secondary N) is 8. The Kier molecular flexibility index (Phi) is 33.9. The number of rotatable bonds is 33. The van der Waals surface area contributed by atoms with Gasteiger partial charge in [-0.3, -0.25) is 58.1 Å². The van der Waals surface area contributed by atoms with E-state index in [2.05, 4.69) is 57.5 Å². The van der Waals surface area contributed by atoms with Crippen LogP contribution in [0.15, 0.2) is 81.7 Å². The number of carbonyl (C=O) groups is 10. The van der Waals surface area contributed by atoms with E-state index in [1.807, 2.05) is 36.4 Å². The van der Waals surface area contributed by atoms with E-state index in [1.165, 1.54) is 29.2 Å². The highest BCUT2D eigenvalue weighted by Crippen LogP contribution is 2.26. The lowest BCUT2D eigenvalue weighted by Crippen LogP contribution is -2.61. The van der Waals surface area contributed by atoms with E-state index < -0.39 is 120 Å². The first-order valence-corrected chi connectivity index (χ1v) is 35.1. The third-order valence-electron chi connectivity index (χ3n) is 16.1. The second-order valence-electron chi connectivity index (χ2n) is 23.9. The van der Waals surface area contributed by atoms with Gasteiger partial charge in [0.25, 0.3) is 0 Å². The molecule has 538 valence electrons. The van der Waals surface area contributed by atoms with Crippen molar-refractivity contribution in [3.63, 3.8) is 0 Å². The Bertz CT molecular complexity index is 3260.